The summed E-state index contributed by atoms with van der Waals surface area (Å²) in [5.41, 5.74) is 3.02. The molecular formula is C22H23NO2S. The van der Waals surface area contributed by atoms with Crippen LogP contribution in [0.5, 0.6) is 0 Å². The number of sulfonamides is 1. The Morgan fingerprint density at radius 3 is 1.96 bits per heavy atom. The third kappa shape index (κ3) is 3.71. The minimum atomic E-state index is -3.69. The molecule has 0 bridgehead atoms. The predicted octanol–water partition coefficient (Wildman–Crippen LogP) is 4.55. The highest BCUT2D eigenvalue weighted by atomic mass is 32.2. The molecule has 0 saturated heterocycles. The molecule has 3 rings (SSSR count). The van der Waals surface area contributed by atoms with Gasteiger partial charge in [-0.1, -0.05) is 77.9 Å². The van der Waals surface area contributed by atoms with Crippen LogP contribution in [0.4, 0.5) is 0 Å². The van der Waals surface area contributed by atoms with Crippen molar-refractivity contribution >= 4 is 10.0 Å². The Morgan fingerprint density at radius 1 is 0.731 bits per heavy atom. The number of benzene rings is 3. The van der Waals surface area contributed by atoms with Crippen LogP contribution in [0.3, 0.4) is 0 Å². The molecule has 3 nitrogen and oxygen atoms in total. The first-order valence-corrected chi connectivity index (χ1v) is 10.0. The first kappa shape index (κ1) is 18.4. The van der Waals surface area contributed by atoms with E-state index in [0.29, 0.717) is 0 Å². The molecule has 0 aromatic heterocycles. The fourth-order valence-electron chi connectivity index (χ4n) is 3.06. The van der Waals surface area contributed by atoms with Gasteiger partial charge in [-0.2, -0.15) is 4.72 Å². The summed E-state index contributed by atoms with van der Waals surface area (Å²) in [7, 11) is -3.69. The highest BCUT2D eigenvalue weighted by Gasteiger charge is 2.34. The molecule has 0 heterocycles. The Hall–Kier alpha value is -2.43. The molecule has 0 aliphatic heterocycles. The van der Waals surface area contributed by atoms with Crippen molar-refractivity contribution in [2.45, 2.75) is 31.2 Å². The van der Waals surface area contributed by atoms with Crippen LogP contribution in [0.2, 0.25) is 0 Å². The molecule has 0 saturated carbocycles. The van der Waals surface area contributed by atoms with E-state index in [4.69, 9.17) is 0 Å². The van der Waals surface area contributed by atoms with Crippen LogP contribution in [0.25, 0.3) is 0 Å². The fourth-order valence-corrected chi connectivity index (χ4v) is 4.44. The van der Waals surface area contributed by atoms with Crippen molar-refractivity contribution in [1.82, 2.24) is 4.72 Å². The number of nitrogens with one attached hydrogen (secondary N) is 1. The topological polar surface area (TPSA) is 46.2 Å². The molecule has 4 heteroatoms. The summed E-state index contributed by atoms with van der Waals surface area (Å²) in [4.78, 5) is 0.262. The van der Waals surface area contributed by atoms with Crippen LogP contribution in [-0.2, 0) is 15.6 Å². The molecule has 134 valence electrons. The van der Waals surface area contributed by atoms with E-state index < -0.39 is 15.6 Å². The zero-order chi connectivity index (χ0) is 18.8. The summed E-state index contributed by atoms with van der Waals surface area (Å²) in [6.45, 7) is 5.84. The molecule has 0 unspecified atom stereocenters. The molecule has 0 fully saturated rings. The molecule has 1 atom stereocenters. The number of hydrogen-bond acceptors (Lipinski definition) is 2. The molecule has 0 amide bonds. The molecular weight excluding hydrogens is 342 g/mol. The van der Waals surface area contributed by atoms with E-state index >= 15 is 0 Å². The van der Waals surface area contributed by atoms with Gasteiger partial charge in [-0.3, -0.25) is 0 Å². The largest absolute Gasteiger partial charge is 0.241 e. The Kier molecular flexibility index (Phi) is 4.99. The lowest BCUT2D eigenvalue weighted by Crippen LogP contribution is -2.44. The Bertz CT molecular complexity index is 996. The Morgan fingerprint density at radius 2 is 1.35 bits per heavy atom. The van der Waals surface area contributed by atoms with Crippen molar-refractivity contribution in [3.63, 3.8) is 0 Å². The second-order valence-electron chi connectivity index (χ2n) is 6.78. The lowest BCUT2D eigenvalue weighted by Gasteiger charge is -2.32. The van der Waals surface area contributed by atoms with Crippen LogP contribution in [0.15, 0.2) is 83.8 Å². The molecule has 3 aromatic carbocycles. The minimum absolute atomic E-state index is 0.262. The number of rotatable bonds is 5. The van der Waals surface area contributed by atoms with E-state index in [0.717, 1.165) is 22.3 Å². The summed E-state index contributed by atoms with van der Waals surface area (Å²) in [6.07, 6.45) is 0. The van der Waals surface area contributed by atoms with Crippen molar-refractivity contribution in [1.29, 1.82) is 0 Å². The van der Waals surface area contributed by atoms with Gasteiger partial charge < -0.3 is 0 Å². The zero-order valence-corrected chi connectivity index (χ0v) is 16.0. The maximum Gasteiger partial charge on any atom is 0.241 e. The lowest BCUT2D eigenvalue weighted by atomic mass is 9.85. The van der Waals surface area contributed by atoms with Crippen molar-refractivity contribution < 1.29 is 8.42 Å². The third-order valence-corrected chi connectivity index (χ3v) is 6.19. The molecule has 0 aliphatic rings. The van der Waals surface area contributed by atoms with Gasteiger partial charge in [-0.15, -0.1) is 0 Å². The van der Waals surface area contributed by atoms with Crippen molar-refractivity contribution in [3.05, 3.63) is 101 Å². The average Bonchev–Trinajstić information content (AvgIpc) is 2.62. The standard InChI is InChI=1S/C22H23NO2S/c1-17-12-14-21(15-13-17)26(24,25)23-22(3,19-9-5-4-6-10-19)20-11-7-8-18(2)16-20/h4-16,23H,1-3H3/t22-/m0/s1. The summed E-state index contributed by atoms with van der Waals surface area (Å²) < 4.78 is 29.1. The quantitative estimate of drug-likeness (QED) is 0.721. The van der Waals surface area contributed by atoms with E-state index in [-0.39, 0.29) is 4.90 Å². The maximum atomic E-state index is 13.1. The van der Waals surface area contributed by atoms with Gasteiger partial charge in [0.15, 0.2) is 0 Å². The highest BCUT2D eigenvalue weighted by Crippen LogP contribution is 2.31. The minimum Gasteiger partial charge on any atom is -0.207 e. The molecule has 0 aliphatic carbocycles. The second-order valence-corrected chi connectivity index (χ2v) is 8.46. The average molecular weight is 365 g/mol. The normalized spacial score (nSPS) is 14.0. The molecule has 3 aromatic rings. The predicted molar refractivity (Wildman–Crippen MR) is 106 cm³/mol. The van der Waals surface area contributed by atoms with Gasteiger partial charge in [0.2, 0.25) is 10.0 Å². The van der Waals surface area contributed by atoms with Crippen LogP contribution in [-0.4, -0.2) is 8.42 Å². The van der Waals surface area contributed by atoms with E-state index in [2.05, 4.69) is 4.72 Å². The molecule has 26 heavy (non-hydrogen) atoms. The highest BCUT2D eigenvalue weighted by molar-refractivity contribution is 7.89. The summed E-state index contributed by atoms with van der Waals surface area (Å²) in [5, 5.41) is 0. The SMILES string of the molecule is Cc1ccc(S(=O)(=O)N[C@@](C)(c2ccccc2)c2cccc(C)c2)cc1. The zero-order valence-electron chi connectivity index (χ0n) is 15.2. The molecule has 0 spiro atoms. The van der Waals surface area contributed by atoms with Crippen LogP contribution >= 0.6 is 0 Å². The monoisotopic (exact) mass is 365 g/mol. The van der Waals surface area contributed by atoms with Gasteiger partial charge in [0.25, 0.3) is 0 Å². The van der Waals surface area contributed by atoms with Crippen molar-refractivity contribution in [3.8, 4) is 0 Å². The summed E-state index contributed by atoms with van der Waals surface area (Å²) >= 11 is 0. The Balaban J connectivity index is 2.11. The summed E-state index contributed by atoms with van der Waals surface area (Å²) in [6, 6.07) is 24.5. The third-order valence-electron chi connectivity index (χ3n) is 4.62. The fraction of sp³-hybridized carbons (Fsp3) is 0.182. The van der Waals surface area contributed by atoms with Gasteiger partial charge >= 0.3 is 0 Å². The van der Waals surface area contributed by atoms with Crippen LogP contribution in [0.1, 0.15) is 29.2 Å². The molecule has 0 radical (unpaired) electrons. The summed E-state index contributed by atoms with van der Waals surface area (Å²) in [5.74, 6) is 0. The van der Waals surface area contributed by atoms with E-state index in [9.17, 15) is 8.42 Å². The van der Waals surface area contributed by atoms with Gasteiger partial charge in [0, 0.05) is 0 Å². The van der Waals surface area contributed by atoms with Gasteiger partial charge in [-0.05, 0) is 44.0 Å². The van der Waals surface area contributed by atoms with Crippen molar-refractivity contribution in [2.75, 3.05) is 0 Å². The van der Waals surface area contributed by atoms with E-state index in [1.165, 1.54) is 0 Å². The Labute approximate surface area is 155 Å². The van der Waals surface area contributed by atoms with Crippen LogP contribution < -0.4 is 4.72 Å². The maximum absolute atomic E-state index is 13.1. The first-order valence-electron chi connectivity index (χ1n) is 8.54. The van der Waals surface area contributed by atoms with E-state index in [1.54, 1.807) is 24.3 Å². The van der Waals surface area contributed by atoms with Gasteiger partial charge in [-0.25, -0.2) is 8.42 Å². The van der Waals surface area contributed by atoms with Gasteiger partial charge in [0.1, 0.15) is 0 Å². The lowest BCUT2D eigenvalue weighted by molar-refractivity contribution is 0.502. The van der Waals surface area contributed by atoms with Crippen LogP contribution in [0, 0.1) is 13.8 Å². The second kappa shape index (κ2) is 7.06. The van der Waals surface area contributed by atoms with Gasteiger partial charge in [0.05, 0.1) is 10.4 Å². The number of aryl methyl sites for hydroxylation is 2. The number of hydrogen-bond donors (Lipinski definition) is 1. The smallest absolute Gasteiger partial charge is 0.207 e. The first-order chi connectivity index (χ1) is 12.3. The van der Waals surface area contributed by atoms with E-state index in [1.807, 2.05) is 75.4 Å². The van der Waals surface area contributed by atoms with Crippen molar-refractivity contribution in [2.24, 2.45) is 0 Å². The molecule has 1 N–H and O–H groups in total.